The van der Waals surface area contributed by atoms with Crippen molar-refractivity contribution in [1.29, 1.82) is 0 Å². The monoisotopic (exact) mass is 212 g/mol. The molecule has 5 heteroatoms. The van der Waals surface area contributed by atoms with E-state index in [-0.39, 0.29) is 0 Å². The van der Waals surface area contributed by atoms with E-state index in [1.165, 1.54) is 0 Å². The van der Waals surface area contributed by atoms with Gasteiger partial charge in [0, 0.05) is 13.1 Å². The van der Waals surface area contributed by atoms with Crippen molar-refractivity contribution in [3.8, 4) is 0 Å². The predicted octanol–water partition coefficient (Wildman–Crippen LogP) is 1.13. The van der Waals surface area contributed by atoms with Gasteiger partial charge in [0.25, 0.3) is 0 Å². The van der Waals surface area contributed by atoms with E-state index in [9.17, 15) is 0 Å². The van der Waals surface area contributed by atoms with E-state index in [1.54, 1.807) is 10.9 Å². The summed E-state index contributed by atoms with van der Waals surface area (Å²) in [6, 6.07) is 1.84. The summed E-state index contributed by atoms with van der Waals surface area (Å²) in [5, 5.41) is 7.76. The Morgan fingerprint density at radius 2 is 2.36 bits per heavy atom. The summed E-state index contributed by atoms with van der Waals surface area (Å²) >= 11 is 3.25. The summed E-state index contributed by atoms with van der Waals surface area (Å²) < 4.78 is 2.47. The third-order valence-electron chi connectivity index (χ3n) is 1.46. The first-order valence-electron chi connectivity index (χ1n) is 3.08. The Labute approximate surface area is 71.4 Å². The first-order chi connectivity index (χ1) is 5.27. The lowest BCUT2D eigenvalue weighted by Crippen LogP contribution is -1.89. The number of hydrogen-bond donors (Lipinski definition) is 0. The van der Waals surface area contributed by atoms with E-state index in [0.717, 1.165) is 15.6 Å². The minimum absolute atomic E-state index is 0.783. The van der Waals surface area contributed by atoms with Gasteiger partial charge in [-0.2, -0.15) is 0 Å². The van der Waals surface area contributed by atoms with Crippen LogP contribution in [0.5, 0.6) is 0 Å². The zero-order chi connectivity index (χ0) is 7.84. The van der Waals surface area contributed by atoms with Gasteiger partial charge in [-0.3, -0.25) is 0 Å². The van der Waals surface area contributed by atoms with E-state index in [0.29, 0.717) is 0 Å². The van der Waals surface area contributed by atoms with Gasteiger partial charge in [-0.15, -0.1) is 5.10 Å². The maximum atomic E-state index is 4.06. The highest BCUT2D eigenvalue weighted by atomic mass is 79.9. The van der Waals surface area contributed by atoms with Crippen molar-refractivity contribution >= 4 is 27.0 Å². The average Bonchev–Trinajstić information content (AvgIpc) is 2.32. The van der Waals surface area contributed by atoms with Gasteiger partial charge < -0.3 is 0 Å². The van der Waals surface area contributed by atoms with Gasteiger partial charge in [-0.05, 0) is 15.9 Å². The van der Waals surface area contributed by atoms with E-state index in [1.807, 2.05) is 13.1 Å². The van der Waals surface area contributed by atoms with Gasteiger partial charge in [0.2, 0.25) is 0 Å². The average molecular weight is 213 g/mol. The fourth-order valence-electron chi connectivity index (χ4n) is 0.906. The molecule has 0 spiro atoms. The molecule has 2 aromatic heterocycles. The topological polar surface area (TPSA) is 43.6 Å². The molecular formula is C6H5BrN4. The van der Waals surface area contributed by atoms with E-state index >= 15 is 0 Å². The van der Waals surface area contributed by atoms with Crippen molar-refractivity contribution in [2.45, 2.75) is 0 Å². The summed E-state index contributed by atoms with van der Waals surface area (Å²) in [6.07, 6.45) is 1.74. The minimum Gasteiger partial charge on any atom is -0.247 e. The highest BCUT2D eigenvalue weighted by molar-refractivity contribution is 9.10. The molecule has 0 amide bonds. The van der Waals surface area contributed by atoms with Crippen LogP contribution in [-0.4, -0.2) is 20.0 Å². The van der Waals surface area contributed by atoms with Gasteiger partial charge in [-0.25, -0.2) is 9.67 Å². The van der Waals surface area contributed by atoms with Gasteiger partial charge in [0.05, 0.1) is 6.20 Å². The van der Waals surface area contributed by atoms with E-state index < -0.39 is 0 Å². The van der Waals surface area contributed by atoms with Gasteiger partial charge in [-0.1, -0.05) is 5.21 Å². The van der Waals surface area contributed by atoms with Crippen LogP contribution in [0.3, 0.4) is 0 Å². The largest absolute Gasteiger partial charge is 0.247 e. The summed E-state index contributed by atoms with van der Waals surface area (Å²) in [7, 11) is 1.84. The zero-order valence-electron chi connectivity index (χ0n) is 5.82. The van der Waals surface area contributed by atoms with Crippen molar-refractivity contribution in [2.24, 2.45) is 7.05 Å². The molecule has 2 rings (SSSR count). The van der Waals surface area contributed by atoms with Crippen LogP contribution in [-0.2, 0) is 7.05 Å². The Morgan fingerprint density at radius 1 is 1.55 bits per heavy atom. The molecule has 0 atom stereocenters. The smallest absolute Gasteiger partial charge is 0.117 e. The highest BCUT2D eigenvalue weighted by Gasteiger charge is 2.00. The van der Waals surface area contributed by atoms with E-state index in [2.05, 4.69) is 31.2 Å². The lowest BCUT2D eigenvalue weighted by molar-refractivity contribution is 0.735. The molecule has 11 heavy (non-hydrogen) atoms. The van der Waals surface area contributed by atoms with Crippen molar-refractivity contribution in [3.63, 3.8) is 0 Å². The summed E-state index contributed by atoms with van der Waals surface area (Å²) in [4.78, 5) is 4.06. The Kier molecular flexibility index (Phi) is 1.38. The number of nitrogens with zero attached hydrogens (tertiary/aromatic N) is 4. The van der Waals surface area contributed by atoms with Crippen LogP contribution in [0.1, 0.15) is 0 Å². The number of hydrogen-bond acceptors (Lipinski definition) is 3. The normalized spacial score (nSPS) is 10.7. The van der Waals surface area contributed by atoms with Gasteiger partial charge in [0.15, 0.2) is 0 Å². The first kappa shape index (κ1) is 6.72. The summed E-state index contributed by atoms with van der Waals surface area (Å²) in [6.45, 7) is 0. The molecule has 2 heterocycles. The summed E-state index contributed by atoms with van der Waals surface area (Å²) in [5.41, 5.74) is 1.79. The lowest BCUT2D eigenvalue weighted by Gasteiger charge is -1.90. The molecule has 0 radical (unpaired) electrons. The fraction of sp³-hybridized carbons (Fsp3) is 0.167. The molecule has 0 N–H and O–H groups in total. The molecule has 0 aromatic carbocycles. The molecule has 4 nitrogen and oxygen atoms in total. The minimum atomic E-state index is 0.783. The van der Waals surface area contributed by atoms with Crippen molar-refractivity contribution in [3.05, 3.63) is 16.9 Å². The lowest BCUT2D eigenvalue weighted by atomic mass is 10.4. The first-order valence-corrected chi connectivity index (χ1v) is 3.87. The molecule has 0 fully saturated rings. The van der Waals surface area contributed by atoms with Crippen LogP contribution in [0, 0.1) is 0 Å². The molecule has 0 unspecified atom stereocenters. The van der Waals surface area contributed by atoms with Crippen LogP contribution >= 0.6 is 15.9 Å². The SMILES string of the molecule is Cn1nnc2cc(Br)ncc21. The third kappa shape index (κ3) is 1.01. The Morgan fingerprint density at radius 3 is 3.18 bits per heavy atom. The molecule has 0 saturated carbocycles. The Balaban J connectivity index is 2.86. The second-order valence-corrected chi connectivity index (χ2v) is 3.02. The molecule has 0 aliphatic rings. The van der Waals surface area contributed by atoms with Crippen molar-refractivity contribution in [1.82, 2.24) is 20.0 Å². The van der Waals surface area contributed by atoms with E-state index in [4.69, 9.17) is 0 Å². The van der Waals surface area contributed by atoms with Crippen LogP contribution < -0.4 is 0 Å². The number of rotatable bonds is 0. The Bertz CT molecular complexity index is 394. The number of aryl methyl sites for hydroxylation is 1. The maximum Gasteiger partial charge on any atom is 0.117 e. The molecule has 2 aromatic rings. The van der Waals surface area contributed by atoms with Crippen molar-refractivity contribution in [2.75, 3.05) is 0 Å². The number of aromatic nitrogens is 4. The molecule has 0 aliphatic heterocycles. The van der Waals surface area contributed by atoms with Crippen LogP contribution in [0.2, 0.25) is 0 Å². The van der Waals surface area contributed by atoms with Crippen LogP contribution in [0.25, 0.3) is 11.0 Å². The number of fused-ring (bicyclic) bond motifs is 1. The molecule has 0 aliphatic carbocycles. The maximum absolute atomic E-state index is 4.06. The predicted molar refractivity (Wildman–Crippen MR) is 44.0 cm³/mol. The quantitative estimate of drug-likeness (QED) is 0.616. The molecule has 0 saturated heterocycles. The van der Waals surface area contributed by atoms with Crippen LogP contribution in [0.15, 0.2) is 16.9 Å². The van der Waals surface area contributed by atoms with Crippen molar-refractivity contribution < 1.29 is 0 Å². The standard InChI is InChI=1S/C6H5BrN4/c1-11-5-3-8-6(7)2-4(5)9-10-11/h2-3H,1H3. The van der Waals surface area contributed by atoms with Gasteiger partial charge >= 0.3 is 0 Å². The van der Waals surface area contributed by atoms with Gasteiger partial charge in [0.1, 0.15) is 15.6 Å². The second kappa shape index (κ2) is 2.27. The second-order valence-electron chi connectivity index (χ2n) is 2.21. The van der Waals surface area contributed by atoms with Crippen LogP contribution in [0.4, 0.5) is 0 Å². The Hall–Kier alpha value is -0.970. The fourth-order valence-corrected chi connectivity index (χ4v) is 1.23. The number of pyridine rings is 1. The zero-order valence-corrected chi connectivity index (χ0v) is 7.41. The number of halogens is 1. The molecule has 0 bridgehead atoms. The highest BCUT2D eigenvalue weighted by Crippen LogP contribution is 2.12. The molecule has 56 valence electrons. The summed E-state index contributed by atoms with van der Waals surface area (Å²) in [5.74, 6) is 0. The third-order valence-corrected chi connectivity index (χ3v) is 1.90. The molecular weight excluding hydrogens is 208 g/mol.